The minimum atomic E-state index is 0.282. The zero-order valence-electron chi connectivity index (χ0n) is 13.0. The number of hydrogen-bond acceptors (Lipinski definition) is 4. The molecule has 1 N–H and O–H groups in total. The molecule has 1 heterocycles. The molecule has 0 aromatic carbocycles. The van der Waals surface area contributed by atoms with Gasteiger partial charge < -0.3 is 15.1 Å². The Hall–Kier alpha value is -0.650. The summed E-state index contributed by atoms with van der Waals surface area (Å²) in [6.45, 7) is 11.0. The Bertz CT molecular complexity index is 262. The Morgan fingerprint density at radius 3 is 2.42 bits per heavy atom. The lowest BCUT2D eigenvalue weighted by atomic mass is 10.2. The highest BCUT2D eigenvalue weighted by Gasteiger charge is 2.21. The number of amides is 1. The number of rotatable bonds is 7. The fourth-order valence-corrected chi connectivity index (χ4v) is 2.37. The predicted molar refractivity (Wildman–Crippen MR) is 79.3 cm³/mol. The van der Waals surface area contributed by atoms with E-state index in [0.29, 0.717) is 12.3 Å². The van der Waals surface area contributed by atoms with Gasteiger partial charge in [-0.15, -0.1) is 0 Å². The summed E-state index contributed by atoms with van der Waals surface area (Å²) in [7, 11) is 4.20. The van der Waals surface area contributed by atoms with Crippen LogP contribution in [0.15, 0.2) is 0 Å². The van der Waals surface area contributed by atoms with Crippen LogP contribution in [0.5, 0.6) is 0 Å². The fourth-order valence-electron chi connectivity index (χ4n) is 2.37. The smallest absolute Gasteiger partial charge is 0.224 e. The lowest BCUT2D eigenvalue weighted by Crippen LogP contribution is -2.50. The maximum atomic E-state index is 12.1. The third kappa shape index (κ3) is 6.36. The van der Waals surface area contributed by atoms with Crippen molar-refractivity contribution in [3.63, 3.8) is 0 Å². The first-order chi connectivity index (χ1) is 9.02. The second-order valence-electron chi connectivity index (χ2n) is 5.69. The van der Waals surface area contributed by atoms with Gasteiger partial charge in [-0.3, -0.25) is 9.69 Å². The maximum Gasteiger partial charge on any atom is 0.224 e. The summed E-state index contributed by atoms with van der Waals surface area (Å²) in [5.41, 5.74) is 0. The van der Waals surface area contributed by atoms with Crippen molar-refractivity contribution in [1.29, 1.82) is 0 Å². The number of likely N-dealkylation sites (N-methyl/N-ethyl adjacent to an activating group) is 1. The topological polar surface area (TPSA) is 38.8 Å². The molecule has 0 radical (unpaired) electrons. The van der Waals surface area contributed by atoms with Gasteiger partial charge in [0.1, 0.15) is 0 Å². The van der Waals surface area contributed by atoms with E-state index >= 15 is 0 Å². The largest absolute Gasteiger partial charge is 0.340 e. The van der Waals surface area contributed by atoms with E-state index in [4.69, 9.17) is 0 Å². The van der Waals surface area contributed by atoms with Gasteiger partial charge in [-0.05, 0) is 27.6 Å². The van der Waals surface area contributed by atoms with Crippen molar-refractivity contribution < 1.29 is 4.79 Å². The Kier molecular flexibility index (Phi) is 7.34. The summed E-state index contributed by atoms with van der Waals surface area (Å²) >= 11 is 0. The van der Waals surface area contributed by atoms with Crippen molar-refractivity contribution in [2.45, 2.75) is 26.3 Å². The van der Waals surface area contributed by atoms with E-state index < -0.39 is 0 Å². The van der Waals surface area contributed by atoms with E-state index in [-0.39, 0.29) is 6.04 Å². The zero-order chi connectivity index (χ0) is 14.3. The van der Waals surface area contributed by atoms with Gasteiger partial charge in [0.05, 0.1) is 0 Å². The third-order valence-corrected chi connectivity index (χ3v) is 3.62. The molecule has 1 rings (SSSR count). The SMILES string of the molecule is CCNC(C)CC(=O)N1CCN(CCN(C)C)CC1. The van der Waals surface area contributed by atoms with Crippen LogP contribution in [-0.2, 0) is 4.79 Å². The first-order valence-electron chi connectivity index (χ1n) is 7.41. The highest BCUT2D eigenvalue weighted by molar-refractivity contribution is 5.76. The van der Waals surface area contributed by atoms with Crippen LogP contribution < -0.4 is 5.32 Å². The maximum absolute atomic E-state index is 12.1. The second-order valence-corrected chi connectivity index (χ2v) is 5.69. The molecule has 0 spiro atoms. The highest BCUT2D eigenvalue weighted by atomic mass is 16.2. The molecule has 1 atom stereocenters. The highest BCUT2D eigenvalue weighted by Crippen LogP contribution is 2.05. The van der Waals surface area contributed by atoms with E-state index in [0.717, 1.165) is 45.8 Å². The molecule has 0 bridgehead atoms. The summed E-state index contributed by atoms with van der Waals surface area (Å²) in [6, 6.07) is 0.282. The Morgan fingerprint density at radius 2 is 1.89 bits per heavy atom. The monoisotopic (exact) mass is 270 g/mol. The number of carbonyl (C=O) groups excluding carboxylic acids is 1. The molecule has 5 heteroatoms. The Balaban J connectivity index is 2.23. The summed E-state index contributed by atoms with van der Waals surface area (Å²) in [5, 5.41) is 3.29. The van der Waals surface area contributed by atoms with Crippen LogP contribution in [0.2, 0.25) is 0 Å². The number of nitrogens with zero attached hydrogens (tertiary/aromatic N) is 3. The molecular formula is C14H30N4O. The van der Waals surface area contributed by atoms with E-state index in [1.54, 1.807) is 0 Å². The van der Waals surface area contributed by atoms with Crippen LogP contribution >= 0.6 is 0 Å². The van der Waals surface area contributed by atoms with Crippen LogP contribution in [-0.4, -0.2) is 86.6 Å². The Morgan fingerprint density at radius 1 is 1.26 bits per heavy atom. The van der Waals surface area contributed by atoms with Gasteiger partial charge in [-0.1, -0.05) is 6.92 Å². The van der Waals surface area contributed by atoms with Crippen LogP contribution in [0.4, 0.5) is 0 Å². The van der Waals surface area contributed by atoms with Crippen LogP contribution in [0.1, 0.15) is 20.3 Å². The van der Waals surface area contributed by atoms with Crippen molar-refractivity contribution >= 4 is 5.91 Å². The van der Waals surface area contributed by atoms with Crippen molar-refractivity contribution in [2.24, 2.45) is 0 Å². The second kappa shape index (κ2) is 8.51. The molecule has 5 nitrogen and oxygen atoms in total. The fraction of sp³-hybridized carbons (Fsp3) is 0.929. The van der Waals surface area contributed by atoms with Crippen molar-refractivity contribution in [3.8, 4) is 0 Å². The molecule has 19 heavy (non-hydrogen) atoms. The number of hydrogen-bond donors (Lipinski definition) is 1. The summed E-state index contributed by atoms with van der Waals surface area (Å²) in [5.74, 6) is 0.292. The van der Waals surface area contributed by atoms with Gasteiger partial charge in [-0.2, -0.15) is 0 Å². The molecule has 0 aromatic rings. The van der Waals surface area contributed by atoms with E-state index in [9.17, 15) is 4.79 Å². The standard InChI is InChI=1S/C14H30N4O/c1-5-15-13(2)12-14(19)18-10-8-17(9-11-18)7-6-16(3)4/h13,15H,5-12H2,1-4H3. The molecule has 1 saturated heterocycles. The molecular weight excluding hydrogens is 240 g/mol. The van der Waals surface area contributed by atoms with Crippen molar-refractivity contribution in [1.82, 2.24) is 20.0 Å². The third-order valence-electron chi connectivity index (χ3n) is 3.62. The number of carbonyl (C=O) groups is 1. The van der Waals surface area contributed by atoms with Gasteiger partial charge in [0, 0.05) is 51.7 Å². The lowest BCUT2D eigenvalue weighted by molar-refractivity contribution is -0.133. The molecule has 1 aliphatic heterocycles. The zero-order valence-corrected chi connectivity index (χ0v) is 13.0. The molecule has 112 valence electrons. The molecule has 1 aliphatic rings. The molecule has 1 unspecified atom stereocenters. The van der Waals surface area contributed by atoms with E-state index in [1.807, 2.05) is 4.90 Å². The van der Waals surface area contributed by atoms with Gasteiger partial charge in [-0.25, -0.2) is 0 Å². The van der Waals surface area contributed by atoms with Crippen LogP contribution in [0.25, 0.3) is 0 Å². The number of piperazine rings is 1. The van der Waals surface area contributed by atoms with E-state index in [2.05, 4.69) is 43.1 Å². The molecule has 0 aliphatic carbocycles. The average molecular weight is 270 g/mol. The predicted octanol–water partition coefficient (Wildman–Crippen LogP) is 0.0803. The summed E-state index contributed by atoms with van der Waals surface area (Å²) < 4.78 is 0. The minimum absolute atomic E-state index is 0.282. The molecule has 0 aromatic heterocycles. The first-order valence-corrected chi connectivity index (χ1v) is 7.41. The first kappa shape index (κ1) is 16.4. The quantitative estimate of drug-likeness (QED) is 0.711. The summed E-state index contributed by atoms with van der Waals surface area (Å²) in [6.07, 6.45) is 0.617. The van der Waals surface area contributed by atoms with Crippen LogP contribution in [0.3, 0.4) is 0 Å². The molecule has 0 saturated carbocycles. The van der Waals surface area contributed by atoms with Gasteiger partial charge >= 0.3 is 0 Å². The van der Waals surface area contributed by atoms with Gasteiger partial charge in [0.15, 0.2) is 0 Å². The molecule has 1 amide bonds. The average Bonchev–Trinajstić information content (AvgIpc) is 2.37. The van der Waals surface area contributed by atoms with E-state index in [1.165, 1.54) is 0 Å². The normalized spacial score (nSPS) is 18.9. The minimum Gasteiger partial charge on any atom is -0.340 e. The Labute approximate surface area is 117 Å². The van der Waals surface area contributed by atoms with Gasteiger partial charge in [0.25, 0.3) is 0 Å². The van der Waals surface area contributed by atoms with Gasteiger partial charge in [0.2, 0.25) is 5.91 Å². The number of nitrogens with one attached hydrogen (secondary N) is 1. The van der Waals surface area contributed by atoms with Crippen LogP contribution in [0, 0.1) is 0 Å². The van der Waals surface area contributed by atoms with Crippen molar-refractivity contribution in [2.75, 3.05) is 59.9 Å². The summed E-state index contributed by atoms with van der Waals surface area (Å²) in [4.78, 5) is 18.8. The molecule has 1 fully saturated rings. The lowest BCUT2D eigenvalue weighted by Gasteiger charge is -2.35. The van der Waals surface area contributed by atoms with Crippen molar-refractivity contribution in [3.05, 3.63) is 0 Å².